The van der Waals surface area contributed by atoms with Crippen LogP contribution in [0.3, 0.4) is 0 Å². The number of carbonyl (C=O) groups excluding carboxylic acids is 1. The second-order valence-electron chi connectivity index (χ2n) is 8.45. The molecule has 25 heavy (non-hydrogen) atoms. The SMILES string of the molecule is CCNC(=NCCC1CCCN(C(=O)OC(C)(C)C)C1)NC1CC1C. The average molecular weight is 353 g/mol. The number of carbonyl (C=O) groups is 1. The molecule has 2 rings (SSSR count). The van der Waals surface area contributed by atoms with Crippen LogP contribution in [0, 0.1) is 11.8 Å². The minimum absolute atomic E-state index is 0.182. The van der Waals surface area contributed by atoms with Crippen LogP contribution in [0.4, 0.5) is 4.79 Å². The number of nitrogens with zero attached hydrogens (tertiary/aromatic N) is 2. The van der Waals surface area contributed by atoms with Gasteiger partial charge in [-0.25, -0.2) is 4.79 Å². The Hall–Kier alpha value is -1.46. The third kappa shape index (κ3) is 7.12. The van der Waals surface area contributed by atoms with E-state index in [0.29, 0.717) is 12.0 Å². The first-order valence-electron chi connectivity index (χ1n) is 9.81. The van der Waals surface area contributed by atoms with Crippen LogP contribution in [0.1, 0.15) is 60.3 Å². The lowest BCUT2D eigenvalue weighted by Crippen LogP contribution is -2.43. The molecule has 0 radical (unpaired) electrons. The summed E-state index contributed by atoms with van der Waals surface area (Å²) in [5.74, 6) is 2.19. The fourth-order valence-electron chi connectivity index (χ4n) is 3.17. The number of amides is 1. The second kappa shape index (κ2) is 8.77. The van der Waals surface area contributed by atoms with Crippen molar-refractivity contribution in [3.05, 3.63) is 0 Å². The zero-order valence-corrected chi connectivity index (χ0v) is 16.6. The zero-order chi connectivity index (χ0) is 18.4. The van der Waals surface area contributed by atoms with Gasteiger partial charge in [-0.05, 0) is 65.2 Å². The number of hydrogen-bond acceptors (Lipinski definition) is 3. The quantitative estimate of drug-likeness (QED) is 0.590. The van der Waals surface area contributed by atoms with Gasteiger partial charge in [0.15, 0.2) is 5.96 Å². The molecule has 1 heterocycles. The monoisotopic (exact) mass is 352 g/mol. The summed E-state index contributed by atoms with van der Waals surface area (Å²) in [5, 5.41) is 6.81. The van der Waals surface area contributed by atoms with Gasteiger partial charge in [-0.15, -0.1) is 0 Å². The third-order valence-electron chi connectivity index (χ3n) is 4.75. The van der Waals surface area contributed by atoms with Crippen LogP contribution in [0.5, 0.6) is 0 Å². The van der Waals surface area contributed by atoms with Gasteiger partial charge in [-0.3, -0.25) is 4.99 Å². The van der Waals surface area contributed by atoms with E-state index in [0.717, 1.165) is 50.9 Å². The molecule has 0 bridgehead atoms. The molecule has 1 aliphatic heterocycles. The van der Waals surface area contributed by atoms with E-state index in [1.54, 1.807) is 0 Å². The Bertz CT molecular complexity index is 473. The molecule has 2 fully saturated rings. The lowest BCUT2D eigenvalue weighted by Gasteiger charge is -2.34. The van der Waals surface area contributed by atoms with Crippen LogP contribution in [0.15, 0.2) is 4.99 Å². The van der Waals surface area contributed by atoms with Gasteiger partial charge in [0.2, 0.25) is 0 Å². The van der Waals surface area contributed by atoms with E-state index in [-0.39, 0.29) is 6.09 Å². The summed E-state index contributed by atoms with van der Waals surface area (Å²) in [6.07, 6.45) is 4.27. The second-order valence-corrected chi connectivity index (χ2v) is 8.45. The fraction of sp³-hybridized carbons (Fsp3) is 0.895. The van der Waals surface area contributed by atoms with Gasteiger partial charge in [0.25, 0.3) is 0 Å². The highest BCUT2D eigenvalue weighted by atomic mass is 16.6. The van der Waals surface area contributed by atoms with Gasteiger partial charge in [0.05, 0.1) is 0 Å². The van der Waals surface area contributed by atoms with E-state index in [1.165, 1.54) is 12.8 Å². The number of piperidine rings is 1. The van der Waals surface area contributed by atoms with Crippen molar-refractivity contribution in [2.45, 2.75) is 71.9 Å². The molecule has 3 atom stereocenters. The number of hydrogen-bond donors (Lipinski definition) is 2. The van der Waals surface area contributed by atoms with E-state index in [1.807, 2.05) is 25.7 Å². The molecule has 2 N–H and O–H groups in total. The Morgan fingerprint density at radius 2 is 2.08 bits per heavy atom. The Balaban J connectivity index is 1.77. The van der Waals surface area contributed by atoms with E-state index >= 15 is 0 Å². The molecular formula is C19H36N4O2. The van der Waals surface area contributed by atoms with Crippen LogP contribution >= 0.6 is 0 Å². The van der Waals surface area contributed by atoms with Crippen molar-refractivity contribution in [1.29, 1.82) is 0 Å². The molecule has 0 aromatic rings. The molecule has 1 saturated carbocycles. The number of nitrogens with one attached hydrogen (secondary N) is 2. The molecule has 0 aromatic heterocycles. The minimum Gasteiger partial charge on any atom is -0.444 e. The van der Waals surface area contributed by atoms with Gasteiger partial charge >= 0.3 is 6.09 Å². The first kappa shape index (κ1) is 19.9. The van der Waals surface area contributed by atoms with Crippen LogP contribution in [0.2, 0.25) is 0 Å². The topological polar surface area (TPSA) is 66.0 Å². The Morgan fingerprint density at radius 3 is 2.68 bits per heavy atom. The normalized spacial score (nSPS) is 27.0. The predicted molar refractivity (Wildman–Crippen MR) is 102 cm³/mol. The van der Waals surface area contributed by atoms with Crippen molar-refractivity contribution in [3.63, 3.8) is 0 Å². The predicted octanol–water partition coefficient (Wildman–Crippen LogP) is 2.99. The highest BCUT2D eigenvalue weighted by Gasteiger charge is 2.33. The smallest absolute Gasteiger partial charge is 0.410 e. The molecule has 0 aromatic carbocycles. The highest BCUT2D eigenvalue weighted by molar-refractivity contribution is 5.80. The van der Waals surface area contributed by atoms with Gasteiger partial charge in [0.1, 0.15) is 5.60 Å². The summed E-state index contributed by atoms with van der Waals surface area (Å²) in [7, 11) is 0. The number of likely N-dealkylation sites (tertiary alicyclic amines) is 1. The third-order valence-corrected chi connectivity index (χ3v) is 4.75. The van der Waals surface area contributed by atoms with Gasteiger partial charge in [-0.2, -0.15) is 0 Å². The summed E-state index contributed by atoms with van der Waals surface area (Å²) in [6.45, 7) is 13.4. The molecule has 1 aliphatic carbocycles. The van der Waals surface area contributed by atoms with Crippen molar-refractivity contribution < 1.29 is 9.53 Å². The minimum atomic E-state index is -0.430. The van der Waals surface area contributed by atoms with Crippen LogP contribution in [0.25, 0.3) is 0 Å². The lowest BCUT2D eigenvalue weighted by atomic mass is 9.95. The zero-order valence-electron chi connectivity index (χ0n) is 16.6. The van der Waals surface area contributed by atoms with Crippen molar-refractivity contribution in [2.24, 2.45) is 16.8 Å². The largest absolute Gasteiger partial charge is 0.444 e. The Labute approximate surface area is 152 Å². The Morgan fingerprint density at radius 1 is 1.36 bits per heavy atom. The van der Waals surface area contributed by atoms with E-state index in [2.05, 4.69) is 24.5 Å². The standard InChI is InChI=1S/C19H36N4O2/c1-6-20-17(22-16-12-14(16)2)21-10-9-15-8-7-11-23(13-15)18(24)25-19(3,4)5/h14-16H,6-13H2,1-5H3,(H2,20,21,22). The Kier molecular flexibility index (Phi) is 6.96. The lowest BCUT2D eigenvalue weighted by molar-refractivity contribution is 0.0163. The van der Waals surface area contributed by atoms with Crippen molar-refractivity contribution in [1.82, 2.24) is 15.5 Å². The van der Waals surface area contributed by atoms with Crippen molar-refractivity contribution >= 4 is 12.1 Å². The average Bonchev–Trinajstić information content (AvgIpc) is 3.21. The highest BCUT2D eigenvalue weighted by Crippen LogP contribution is 2.28. The van der Waals surface area contributed by atoms with Gasteiger partial charge in [0, 0.05) is 32.2 Å². The summed E-state index contributed by atoms with van der Waals surface area (Å²) < 4.78 is 5.50. The molecule has 6 heteroatoms. The van der Waals surface area contributed by atoms with Crippen LogP contribution in [-0.2, 0) is 4.74 Å². The molecule has 3 unspecified atom stereocenters. The van der Waals surface area contributed by atoms with E-state index < -0.39 is 5.60 Å². The fourth-order valence-corrected chi connectivity index (χ4v) is 3.17. The number of rotatable bonds is 5. The van der Waals surface area contributed by atoms with Crippen LogP contribution < -0.4 is 10.6 Å². The number of guanidine groups is 1. The summed E-state index contributed by atoms with van der Waals surface area (Å²) in [5.41, 5.74) is -0.430. The maximum atomic E-state index is 12.2. The first-order valence-corrected chi connectivity index (χ1v) is 9.81. The number of aliphatic imine (C=N–C) groups is 1. The van der Waals surface area contributed by atoms with E-state index in [9.17, 15) is 4.79 Å². The summed E-state index contributed by atoms with van der Waals surface area (Å²) in [6, 6.07) is 0.579. The first-order chi connectivity index (χ1) is 11.8. The van der Waals surface area contributed by atoms with Gasteiger partial charge in [-0.1, -0.05) is 6.92 Å². The maximum absolute atomic E-state index is 12.2. The molecule has 144 valence electrons. The van der Waals surface area contributed by atoms with E-state index in [4.69, 9.17) is 9.73 Å². The molecular weight excluding hydrogens is 316 g/mol. The maximum Gasteiger partial charge on any atom is 0.410 e. The van der Waals surface area contributed by atoms with Crippen molar-refractivity contribution in [2.75, 3.05) is 26.2 Å². The molecule has 0 spiro atoms. The molecule has 6 nitrogen and oxygen atoms in total. The summed E-state index contributed by atoms with van der Waals surface area (Å²) >= 11 is 0. The number of ether oxygens (including phenoxy) is 1. The molecule has 1 saturated heterocycles. The van der Waals surface area contributed by atoms with Crippen molar-refractivity contribution in [3.8, 4) is 0 Å². The molecule has 1 amide bonds. The van der Waals surface area contributed by atoms with Gasteiger partial charge < -0.3 is 20.3 Å². The van der Waals surface area contributed by atoms with Crippen LogP contribution in [-0.4, -0.2) is 54.8 Å². The molecule has 2 aliphatic rings. The summed E-state index contributed by atoms with van der Waals surface area (Å²) in [4.78, 5) is 18.8.